The number of carbonyl (C=O) groups is 1. The van der Waals surface area contributed by atoms with Crippen molar-refractivity contribution in [2.75, 3.05) is 13.2 Å². The third kappa shape index (κ3) is 4.92. The van der Waals surface area contributed by atoms with E-state index >= 15 is 0 Å². The first kappa shape index (κ1) is 19.1. The zero-order valence-corrected chi connectivity index (χ0v) is 15.9. The number of nitrogens with one attached hydrogen (secondary N) is 1. The molecule has 0 aliphatic rings. The molecule has 0 aromatic heterocycles. The summed E-state index contributed by atoms with van der Waals surface area (Å²) in [6.07, 6.45) is -0.0521. The summed E-state index contributed by atoms with van der Waals surface area (Å²) >= 11 is 6.10. The van der Waals surface area contributed by atoms with Gasteiger partial charge in [0.1, 0.15) is 18.1 Å². The molecule has 1 amide bonds. The standard InChI is InChI=1S/C22H22ClNO3/c1-2-19(27-21-12-6-5-11-18(21)23)22(25)24-14-15-26-20-13-7-9-16-8-3-4-10-17(16)20/h3-13,19H,2,14-15H2,1H3,(H,24,25)/t19-/m1/s1. The maximum atomic E-state index is 12.4. The fourth-order valence-corrected chi connectivity index (χ4v) is 2.97. The second-order valence-corrected chi connectivity index (χ2v) is 6.47. The van der Waals surface area contributed by atoms with Crippen LogP contribution in [0, 0.1) is 0 Å². The van der Waals surface area contributed by atoms with Gasteiger partial charge in [-0.2, -0.15) is 0 Å². The number of ether oxygens (including phenoxy) is 2. The number of amides is 1. The van der Waals surface area contributed by atoms with Gasteiger partial charge >= 0.3 is 0 Å². The molecule has 1 atom stereocenters. The van der Waals surface area contributed by atoms with Gasteiger partial charge in [0.05, 0.1) is 11.6 Å². The average molecular weight is 384 g/mol. The van der Waals surface area contributed by atoms with Crippen molar-refractivity contribution in [1.82, 2.24) is 5.32 Å². The molecule has 140 valence electrons. The van der Waals surface area contributed by atoms with Gasteiger partial charge < -0.3 is 14.8 Å². The molecule has 0 heterocycles. The van der Waals surface area contributed by atoms with Gasteiger partial charge in [-0.1, -0.05) is 67.1 Å². The number of hydrogen-bond donors (Lipinski definition) is 1. The number of halogens is 1. The molecule has 0 bridgehead atoms. The normalized spacial score (nSPS) is 11.8. The van der Waals surface area contributed by atoms with Gasteiger partial charge in [0.15, 0.2) is 6.10 Å². The largest absolute Gasteiger partial charge is 0.491 e. The molecule has 0 saturated carbocycles. The highest BCUT2D eigenvalue weighted by atomic mass is 35.5. The minimum atomic E-state index is -0.595. The zero-order chi connectivity index (χ0) is 19.1. The Balaban J connectivity index is 1.51. The molecule has 1 N–H and O–H groups in total. The summed E-state index contributed by atoms with van der Waals surface area (Å²) in [4.78, 5) is 12.4. The lowest BCUT2D eigenvalue weighted by Crippen LogP contribution is -2.39. The summed E-state index contributed by atoms with van der Waals surface area (Å²) in [6.45, 7) is 2.67. The SMILES string of the molecule is CC[C@@H](Oc1ccccc1Cl)C(=O)NCCOc1cccc2ccccc12. The molecule has 0 aliphatic heterocycles. The van der Waals surface area contributed by atoms with Crippen LogP contribution in [0.4, 0.5) is 0 Å². The third-order valence-electron chi connectivity index (χ3n) is 4.18. The van der Waals surface area contributed by atoms with Gasteiger partial charge in [0.25, 0.3) is 5.91 Å². The van der Waals surface area contributed by atoms with E-state index < -0.39 is 6.10 Å². The van der Waals surface area contributed by atoms with E-state index in [2.05, 4.69) is 5.32 Å². The quantitative estimate of drug-likeness (QED) is 0.566. The lowest BCUT2D eigenvalue weighted by molar-refractivity contribution is -0.128. The molecule has 4 nitrogen and oxygen atoms in total. The maximum Gasteiger partial charge on any atom is 0.261 e. The lowest BCUT2D eigenvalue weighted by atomic mass is 10.1. The Kier molecular flexibility index (Phi) is 6.55. The molecular weight excluding hydrogens is 362 g/mol. The van der Waals surface area contributed by atoms with Crippen LogP contribution in [0.5, 0.6) is 11.5 Å². The van der Waals surface area contributed by atoms with E-state index in [0.717, 1.165) is 16.5 Å². The van der Waals surface area contributed by atoms with Crippen LogP contribution in [0.25, 0.3) is 10.8 Å². The van der Waals surface area contributed by atoms with Crippen LogP contribution in [0.15, 0.2) is 66.7 Å². The van der Waals surface area contributed by atoms with Crippen molar-refractivity contribution in [2.45, 2.75) is 19.4 Å². The van der Waals surface area contributed by atoms with Crippen LogP contribution < -0.4 is 14.8 Å². The first-order valence-electron chi connectivity index (χ1n) is 8.98. The van der Waals surface area contributed by atoms with Crippen molar-refractivity contribution >= 4 is 28.3 Å². The fraction of sp³-hybridized carbons (Fsp3) is 0.227. The molecule has 5 heteroatoms. The second-order valence-electron chi connectivity index (χ2n) is 6.06. The van der Waals surface area contributed by atoms with E-state index in [4.69, 9.17) is 21.1 Å². The topological polar surface area (TPSA) is 47.6 Å². The molecular formula is C22H22ClNO3. The van der Waals surface area contributed by atoms with Crippen molar-refractivity contribution in [3.8, 4) is 11.5 Å². The van der Waals surface area contributed by atoms with Crippen LogP contribution in [0.1, 0.15) is 13.3 Å². The Morgan fingerprint density at radius 1 is 1.00 bits per heavy atom. The highest BCUT2D eigenvalue weighted by Gasteiger charge is 2.19. The first-order chi connectivity index (χ1) is 13.2. The van der Waals surface area contributed by atoms with Gasteiger partial charge in [0.2, 0.25) is 0 Å². The Morgan fingerprint density at radius 3 is 2.52 bits per heavy atom. The molecule has 0 aliphatic carbocycles. The molecule has 0 fully saturated rings. The van der Waals surface area contributed by atoms with Crippen LogP contribution in [-0.2, 0) is 4.79 Å². The van der Waals surface area contributed by atoms with E-state index in [-0.39, 0.29) is 5.91 Å². The predicted molar refractivity (Wildman–Crippen MR) is 109 cm³/mol. The smallest absolute Gasteiger partial charge is 0.261 e. The molecule has 3 aromatic carbocycles. The minimum Gasteiger partial charge on any atom is -0.491 e. The average Bonchev–Trinajstić information content (AvgIpc) is 2.70. The van der Waals surface area contributed by atoms with Crippen molar-refractivity contribution < 1.29 is 14.3 Å². The Morgan fingerprint density at radius 2 is 1.70 bits per heavy atom. The summed E-state index contributed by atoms with van der Waals surface area (Å²) in [5, 5.41) is 5.53. The van der Waals surface area contributed by atoms with E-state index in [0.29, 0.717) is 30.3 Å². The monoisotopic (exact) mass is 383 g/mol. The molecule has 3 aromatic rings. The minimum absolute atomic E-state index is 0.182. The number of hydrogen-bond acceptors (Lipinski definition) is 3. The zero-order valence-electron chi connectivity index (χ0n) is 15.2. The molecule has 0 spiro atoms. The van der Waals surface area contributed by atoms with E-state index in [1.165, 1.54) is 0 Å². The van der Waals surface area contributed by atoms with Crippen LogP contribution in [-0.4, -0.2) is 25.2 Å². The Labute approximate surface area is 164 Å². The van der Waals surface area contributed by atoms with Gasteiger partial charge in [-0.3, -0.25) is 4.79 Å². The number of rotatable bonds is 8. The highest BCUT2D eigenvalue weighted by molar-refractivity contribution is 6.32. The molecule has 0 unspecified atom stereocenters. The molecule has 0 radical (unpaired) electrons. The summed E-state index contributed by atoms with van der Waals surface area (Å²) in [7, 11) is 0. The van der Waals surface area contributed by atoms with Crippen molar-refractivity contribution in [1.29, 1.82) is 0 Å². The van der Waals surface area contributed by atoms with Crippen LogP contribution in [0.2, 0.25) is 5.02 Å². The van der Waals surface area contributed by atoms with Gasteiger partial charge in [0, 0.05) is 5.39 Å². The third-order valence-corrected chi connectivity index (χ3v) is 4.49. The highest BCUT2D eigenvalue weighted by Crippen LogP contribution is 2.25. The lowest BCUT2D eigenvalue weighted by Gasteiger charge is -2.18. The molecule has 3 rings (SSSR count). The number of benzene rings is 3. The van der Waals surface area contributed by atoms with Crippen LogP contribution >= 0.6 is 11.6 Å². The summed E-state index contributed by atoms with van der Waals surface area (Å²) < 4.78 is 11.6. The summed E-state index contributed by atoms with van der Waals surface area (Å²) in [6, 6.07) is 21.1. The molecule has 0 saturated heterocycles. The van der Waals surface area contributed by atoms with Gasteiger partial charge in [-0.05, 0) is 30.0 Å². The first-order valence-corrected chi connectivity index (χ1v) is 9.36. The van der Waals surface area contributed by atoms with E-state index in [9.17, 15) is 4.79 Å². The van der Waals surface area contributed by atoms with E-state index in [1.807, 2.05) is 61.5 Å². The predicted octanol–water partition coefficient (Wildman–Crippen LogP) is 4.85. The van der Waals surface area contributed by atoms with Crippen LogP contribution in [0.3, 0.4) is 0 Å². The van der Waals surface area contributed by atoms with Gasteiger partial charge in [-0.15, -0.1) is 0 Å². The van der Waals surface area contributed by atoms with Gasteiger partial charge in [-0.25, -0.2) is 0 Å². The molecule has 27 heavy (non-hydrogen) atoms. The number of carbonyl (C=O) groups excluding carboxylic acids is 1. The summed E-state index contributed by atoms with van der Waals surface area (Å²) in [5.41, 5.74) is 0. The van der Waals surface area contributed by atoms with E-state index in [1.54, 1.807) is 12.1 Å². The fourth-order valence-electron chi connectivity index (χ4n) is 2.79. The Bertz CT molecular complexity index is 907. The second kappa shape index (κ2) is 9.28. The number of para-hydroxylation sites is 1. The summed E-state index contributed by atoms with van der Waals surface area (Å²) in [5.74, 6) is 1.13. The van der Waals surface area contributed by atoms with Crippen molar-refractivity contribution in [3.63, 3.8) is 0 Å². The maximum absolute atomic E-state index is 12.4. The van der Waals surface area contributed by atoms with Crippen molar-refractivity contribution in [3.05, 3.63) is 71.8 Å². The number of fused-ring (bicyclic) bond motifs is 1. The van der Waals surface area contributed by atoms with Crippen molar-refractivity contribution in [2.24, 2.45) is 0 Å². The Hall–Kier alpha value is -2.72.